The zero-order chi connectivity index (χ0) is 107. The number of rotatable bonds is 22. The molecule has 4 aromatic carbocycles. The highest BCUT2D eigenvalue weighted by molar-refractivity contribution is 7.91. The Bertz CT molecular complexity index is 7990. The number of ether oxygens (including phenoxy) is 2. The quantitative estimate of drug-likeness (QED) is 0.0304. The van der Waals surface area contributed by atoms with Crippen molar-refractivity contribution < 1.29 is 51.0 Å². The average molecular weight is 2160 g/mol. The molecule has 784 valence electrons. The van der Waals surface area contributed by atoms with E-state index in [-0.39, 0.29) is 76.7 Å². The molecule has 0 bridgehead atoms. The number of thiophene rings is 6. The smallest absolute Gasteiger partial charge is 0.266 e. The zero-order valence-electron chi connectivity index (χ0n) is 86.2. The van der Waals surface area contributed by atoms with Crippen molar-refractivity contribution in [1.82, 2.24) is 91.8 Å². The minimum absolute atomic E-state index is 0.00837. The standard InChI is InChI=1S/C20H20N4O2S.C19H20N4OS.C18H20N4O3S2.C18H18N4OS.C17H24N4O2S.C16H21FN4OS/c21-17-16-13-3-1-2-4-14(13)23-24-20(16)27-18(17)19(25)22-10-11-5-6-15-12(9-11)7-8-26-15;1-11-12(2)21-22-17-14(11)15(20)16(25-17)18(24)23-9-19(3,10-23)13-7-5-4-6-8-13;1-4-27(24,25)13-7-5-12(6-8-13)9-20-17(23)16-15(19)14-10(2)11(3)21-22-18(14)26-16;19-15-14-12-8-4-5-9-13(12)21-22-18(14)24-16(15)17(23)20-10-11-6-2-1-3-7-11;1-5-6-7-17(23-4)8-21(9-17)16(22)14-13(18)12-10(2)11(3)19-20-15(12)24-14;1-4-5-6-16(17)7-21(8-16)15(22)13-12(18)11-9(2)10(3)19-20-14(11)23-13/h5-6,9H,1-4,7-8,10,21H2,(H,22,25);4-8H,9-10,20H2,1-3H3;5-8H,4,9,19H2,1-3H3,(H,20,23);1-3,6-7H,4-5,8-10,19H2,(H,20,23);5-9,18H2,1-4H3;4-8,18H2,1-3H3. The molecule has 0 radical (unpaired) electrons. The number of nitrogens with two attached hydrogens (primary N) is 6. The van der Waals surface area contributed by atoms with Gasteiger partial charge in [-0.1, -0.05) is 138 Å². The summed E-state index contributed by atoms with van der Waals surface area (Å²) < 4.78 is 49.3. The van der Waals surface area contributed by atoms with Gasteiger partial charge in [-0.15, -0.1) is 98.6 Å². The van der Waals surface area contributed by atoms with E-state index in [2.05, 4.69) is 109 Å². The van der Waals surface area contributed by atoms with Crippen LogP contribution in [0.25, 0.3) is 61.3 Å². The van der Waals surface area contributed by atoms with E-state index in [0.29, 0.717) is 119 Å². The number of hydrogen-bond donors (Lipinski definition) is 9. The minimum atomic E-state index is -3.23. The lowest BCUT2D eigenvalue weighted by Crippen LogP contribution is -2.64. The van der Waals surface area contributed by atoms with Crippen molar-refractivity contribution >= 4 is 209 Å². The maximum Gasteiger partial charge on any atom is 0.266 e. The van der Waals surface area contributed by atoms with Gasteiger partial charge in [0.1, 0.15) is 75.3 Å². The van der Waals surface area contributed by atoms with Gasteiger partial charge in [-0.2, -0.15) is 30.6 Å². The molecule has 0 atom stereocenters. The summed E-state index contributed by atoms with van der Waals surface area (Å²) in [5.41, 5.74) is 56.1. The second-order valence-electron chi connectivity index (χ2n) is 39.2. The van der Waals surface area contributed by atoms with Gasteiger partial charge >= 0.3 is 0 Å². The molecule has 3 fully saturated rings. The summed E-state index contributed by atoms with van der Waals surface area (Å²) in [5.74, 6) is 0.159. The number of methoxy groups -OCH3 is 1. The Balaban J connectivity index is 0.000000123. The number of unbranched alkanes of at least 4 members (excludes halogenated alkanes) is 2. The highest BCUT2D eigenvalue weighted by Gasteiger charge is 2.49. The molecule has 6 amide bonds. The summed E-state index contributed by atoms with van der Waals surface area (Å²) in [7, 11) is -1.50. The second kappa shape index (κ2) is 45.3. The monoisotopic (exact) mass is 2160 g/mol. The highest BCUT2D eigenvalue weighted by atomic mass is 32.2. The molecule has 4 aliphatic heterocycles. The molecule has 16 heterocycles. The van der Waals surface area contributed by atoms with Crippen LogP contribution >= 0.6 is 68.0 Å². The number of aryl methyl sites for hydroxylation is 12. The number of carbonyl (C=O) groups excluding carboxylic acids is 6. The van der Waals surface area contributed by atoms with Crippen molar-refractivity contribution in [3.05, 3.63) is 228 Å². The van der Waals surface area contributed by atoms with E-state index in [0.717, 1.165) is 227 Å². The Labute approximate surface area is 892 Å². The van der Waals surface area contributed by atoms with E-state index >= 15 is 0 Å². The number of aromatic nitrogens is 12. The molecular weight excluding hydrogens is 2040 g/mol. The van der Waals surface area contributed by atoms with Gasteiger partial charge in [-0.25, -0.2) is 12.8 Å². The predicted octanol–water partition coefficient (Wildman–Crippen LogP) is 18.2. The maximum atomic E-state index is 14.4. The van der Waals surface area contributed by atoms with Crippen molar-refractivity contribution in [3.8, 4) is 5.75 Å². The number of sulfone groups is 1. The van der Waals surface area contributed by atoms with Crippen LogP contribution in [0.2, 0.25) is 0 Å². The number of likely N-dealkylation sites (tertiary alicyclic amines) is 3. The molecule has 16 aromatic rings. The Morgan fingerprint density at radius 2 is 0.760 bits per heavy atom. The maximum absolute atomic E-state index is 14.4. The fourth-order valence-electron chi connectivity index (χ4n) is 19.5. The van der Waals surface area contributed by atoms with Crippen molar-refractivity contribution in [1.29, 1.82) is 0 Å². The Morgan fingerprint density at radius 1 is 0.413 bits per heavy atom. The SMILES string of the molecule is CCCCC1(F)CN(C(=O)c2sc3nnc(C)c(C)c3c2N)C1.CCCCC1(OC)CN(C(=O)c2sc3nnc(C)c(C)c3c2N)C1.CCS(=O)(=O)c1ccc(CNC(=O)c2sc3nnc(C)c(C)c3c2N)cc1.Cc1nnc2sc(C(=O)N3CC(C)(c4ccccc4)C3)c(N)c2c1C.Nc1c(C(=O)NCc2ccc3c(c2)CCO3)sc2nnc3c(c12)CCCC3.Nc1c(C(=O)NCc2ccccc2)sc2nnc3c(c12)CCCC3. The lowest BCUT2D eigenvalue weighted by atomic mass is 9.75. The molecule has 42 heteroatoms. The molecule has 15 N–H and O–H groups in total. The van der Waals surface area contributed by atoms with Crippen LogP contribution < -0.4 is 55.1 Å². The largest absolute Gasteiger partial charge is 0.493 e. The molecule has 12 aromatic heterocycles. The van der Waals surface area contributed by atoms with E-state index in [1.165, 1.54) is 95.2 Å². The fraction of sp³-hybridized carbons (Fsp3) is 0.389. The van der Waals surface area contributed by atoms with Crippen LogP contribution in [0.15, 0.2) is 108 Å². The van der Waals surface area contributed by atoms with Gasteiger partial charge in [0, 0.05) is 84.0 Å². The number of benzene rings is 4. The van der Waals surface area contributed by atoms with Crippen LogP contribution in [0.3, 0.4) is 0 Å². The Hall–Kier alpha value is -13.6. The number of amides is 6. The first-order chi connectivity index (χ1) is 71.9. The Kier molecular flexibility index (Phi) is 32.5. The zero-order valence-corrected chi connectivity index (χ0v) is 91.9. The number of nitrogen functional groups attached to an aromatic ring is 6. The molecule has 3 saturated heterocycles. The molecule has 0 spiro atoms. The first kappa shape index (κ1) is 108. The number of halogens is 1. The van der Waals surface area contributed by atoms with E-state index < -0.39 is 15.5 Å². The van der Waals surface area contributed by atoms with Gasteiger partial charge in [-0.3, -0.25) is 28.8 Å². The Morgan fingerprint density at radius 3 is 1.17 bits per heavy atom. The summed E-state index contributed by atoms with van der Waals surface area (Å²) in [4.78, 5) is 89.1. The van der Waals surface area contributed by atoms with Crippen molar-refractivity contribution in [2.24, 2.45) is 0 Å². The molecule has 0 unspecified atom stereocenters. The van der Waals surface area contributed by atoms with E-state index in [1.807, 2.05) is 133 Å². The van der Waals surface area contributed by atoms with E-state index in [9.17, 15) is 41.6 Å². The van der Waals surface area contributed by atoms with Gasteiger partial charge in [0.15, 0.2) is 9.84 Å². The number of fused-ring (bicyclic) bond motifs is 11. The molecule has 6 aliphatic rings. The van der Waals surface area contributed by atoms with E-state index in [1.54, 1.807) is 38.3 Å². The van der Waals surface area contributed by atoms with Crippen molar-refractivity contribution in [2.75, 3.05) is 93.1 Å². The second-order valence-corrected chi connectivity index (χ2v) is 47.5. The lowest BCUT2D eigenvalue weighted by Gasteiger charge is -2.49. The third-order valence-corrected chi connectivity index (χ3v) is 37.2. The molecule has 22 rings (SSSR count). The number of carbonyl (C=O) groups is 6. The van der Waals surface area contributed by atoms with Gasteiger partial charge in [0.2, 0.25) is 0 Å². The third-order valence-electron chi connectivity index (χ3n) is 28.9. The average Bonchev–Trinajstić information content (AvgIpc) is 1.16. The van der Waals surface area contributed by atoms with Gasteiger partial charge in [0.05, 0.1) is 112 Å². The number of nitrogens with zero attached hydrogens (tertiary/aromatic N) is 15. The number of anilines is 6. The highest BCUT2D eigenvalue weighted by Crippen LogP contribution is 2.47. The van der Waals surface area contributed by atoms with Crippen LogP contribution in [0.4, 0.5) is 38.5 Å². The summed E-state index contributed by atoms with van der Waals surface area (Å²) in [5, 5.41) is 64.2. The van der Waals surface area contributed by atoms with Crippen LogP contribution in [-0.2, 0) is 71.7 Å². The fourth-order valence-corrected chi connectivity index (χ4v) is 26.6. The van der Waals surface area contributed by atoms with Crippen LogP contribution in [0.5, 0.6) is 5.75 Å². The number of nitrogens with one attached hydrogen (secondary N) is 3. The summed E-state index contributed by atoms with van der Waals surface area (Å²) in [6, 6.07) is 32.7. The van der Waals surface area contributed by atoms with Crippen LogP contribution in [-0.4, -0.2) is 190 Å². The molecule has 150 heavy (non-hydrogen) atoms. The number of hydrogen-bond acceptors (Lipinski definition) is 34. The molecule has 34 nitrogen and oxygen atoms in total. The normalized spacial score (nSPS) is 14.9. The van der Waals surface area contributed by atoms with Crippen molar-refractivity contribution in [3.63, 3.8) is 0 Å². The third kappa shape index (κ3) is 22.2. The first-order valence-electron chi connectivity index (χ1n) is 50.2. The van der Waals surface area contributed by atoms with Gasteiger partial charge < -0.3 is 74.5 Å². The summed E-state index contributed by atoms with van der Waals surface area (Å²) in [6.07, 6.45) is 14.8. The van der Waals surface area contributed by atoms with Crippen LogP contribution in [0, 0.1) is 55.4 Å². The topological polar surface area (TPSA) is 512 Å². The predicted molar refractivity (Wildman–Crippen MR) is 596 cm³/mol. The van der Waals surface area contributed by atoms with Crippen molar-refractivity contribution in [2.45, 2.75) is 221 Å². The van der Waals surface area contributed by atoms with Gasteiger partial charge in [-0.05, 0) is 199 Å². The van der Waals surface area contributed by atoms with E-state index in [4.69, 9.17) is 43.9 Å². The molecule has 0 saturated carbocycles. The minimum Gasteiger partial charge on any atom is -0.493 e. The molecular formula is C108H123FN24O10S7. The van der Waals surface area contributed by atoms with Crippen LogP contribution in [0.1, 0.15) is 245 Å². The lowest BCUT2D eigenvalue weighted by molar-refractivity contribution is -0.113. The number of alkyl halides is 1. The first-order valence-corrected chi connectivity index (χ1v) is 56.7. The van der Waals surface area contributed by atoms with Gasteiger partial charge in [0.25, 0.3) is 35.4 Å². The molecule has 2 aliphatic carbocycles. The summed E-state index contributed by atoms with van der Waals surface area (Å²) in [6.45, 7) is 28.2. The summed E-state index contributed by atoms with van der Waals surface area (Å²) >= 11 is 7.77.